The van der Waals surface area contributed by atoms with Gasteiger partial charge in [-0.05, 0) is 76.5 Å². The number of benzene rings is 5. The molecule has 0 aromatic heterocycles. The van der Waals surface area contributed by atoms with E-state index in [2.05, 4.69) is 117 Å². The molecule has 0 bridgehead atoms. The van der Waals surface area contributed by atoms with Crippen molar-refractivity contribution in [3.05, 3.63) is 120 Å². The highest BCUT2D eigenvalue weighted by Gasteiger charge is 2.35. The number of hydrogen-bond donors (Lipinski definition) is 1. The summed E-state index contributed by atoms with van der Waals surface area (Å²) in [6.45, 7) is 6.83. The standard InChI is InChI=1S/C32H28N2/c1-21-15-18-31(28-13-5-4-11-25(21)28)34(23-10-8-9-22(33)19-23)24-16-17-27-26-12-6-7-14-29(26)32(2,3)30(27)20-24/h4-20H,33H2,1-3H3. The molecule has 0 radical (unpaired) electrons. The predicted molar refractivity (Wildman–Crippen MR) is 145 cm³/mol. The molecule has 0 saturated heterocycles. The lowest BCUT2D eigenvalue weighted by Gasteiger charge is -2.29. The van der Waals surface area contributed by atoms with Crippen LogP contribution in [0.2, 0.25) is 0 Å². The number of nitrogen functional groups attached to an aromatic ring is 1. The van der Waals surface area contributed by atoms with Crippen LogP contribution in [0.4, 0.5) is 22.7 Å². The fraction of sp³-hybridized carbons (Fsp3) is 0.125. The number of nitrogens with two attached hydrogens (primary N) is 1. The maximum atomic E-state index is 6.25. The van der Waals surface area contributed by atoms with Gasteiger partial charge in [0.15, 0.2) is 0 Å². The molecule has 6 rings (SSSR count). The Morgan fingerprint density at radius 3 is 2.15 bits per heavy atom. The number of hydrogen-bond acceptors (Lipinski definition) is 2. The van der Waals surface area contributed by atoms with Crippen LogP contribution in [-0.4, -0.2) is 0 Å². The van der Waals surface area contributed by atoms with E-state index < -0.39 is 0 Å². The summed E-state index contributed by atoms with van der Waals surface area (Å²) in [5, 5.41) is 2.50. The van der Waals surface area contributed by atoms with Crippen LogP contribution in [0.3, 0.4) is 0 Å². The lowest BCUT2D eigenvalue weighted by molar-refractivity contribution is 0.660. The van der Waals surface area contributed by atoms with Crippen LogP contribution >= 0.6 is 0 Å². The van der Waals surface area contributed by atoms with Crippen LogP contribution in [0.5, 0.6) is 0 Å². The number of nitrogens with zero attached hydrogens (tertiary/aromatic N) is 1. The lowest BCUT2D eigenvalue weighted by atomic mass is 9.82. The van der Waals surface area contributed by atoms with E-state index >= 15 is 0 Å². The minimum atomic E-state index is -0.0569. The topological polar surface area (TPSA) is 29.3 Å². The van der Waals surface area contributed by atoms with Gasteiger partial charge in [-0.3, -0.25) is 0 Å². The first-order valence-corrected chi connectivity index (χ1v) is 11.8. The highest BCUT2D eigenvalue weighted by Crippen LogP contribution is 2.51. The van der Waals surface area contributed by atoms with Gasteiger partial charge in [-0.2, -0.15) is 0 Å². The van der Waals surface area contributed by atoms with E-state index in [1.54, 1.807) is 0 Å². The Bertz CT molecular complexity index is 1560. The minimum absolute atomic E-state index is 0.0569. The van der Waals surface area contributed by atoms with Gasteiger partial charge in [0.2, 0.25) is 0 Å². The molecular weight excluding hydrogens is 412 g/mol. The zero-order valence-corrected chi connectivity index (χ0v) is 19.8. The quantitative estimate of drug-likeness (QED) is 0.285. The average Bonchev–Trinajstić information content (AvgIpc) is 3.08. The molecule has 166 valence electrons. The first-order chi connectivity index (χ1) is 16.4. The molecule has 0 fully saturated rings. The van der Waals surface area contributed by atoms with Crippen LogP contribution in [0.25, 0.3) is 21.9 Å². The summed E-state index contributed by atoms with van der Waals surface area (Å²) in [4.78, 5) is 2.34. The molecule has 0 saturated carbocycles. The monoisotopic (exact) mass is 440 g/mol. The molecule has 2 N–H and O–H groups in total. The van der Waals surface area contributed by atoms with Gasteiger partial charge in [-0.25, -0.2) is 0 Å². The SMILES string of the molecule is Cc1ccc(N(c2cccc(N)c2)c2ccc3c(c2)C(C)(C)c2ccccc2-3)c2ccccc12. The first-order valence-electron chi connectivity index (χ1n) is 11.8. The van der Waals surface area contributed by atoms with Crippen molar-refractivity contribution in [1.29, 1.82) is 0 Å². The number of rotatable bonds is 3. The molecule has 5 aromatic rings. The summed E-state index contributed by atoms with van der Waals surface area (Å²) >= 11 is 0. The van der Waals surface area contributed by atoms with Gasteiger partial charge in [0.1, 0.15) is 0 Å². The molecular formula is C32H28N2. The zero-order valence-electron chi connectivity index (χ0n) is 19.8. The summed E-state index contributed by atoms with van der Waals surface area (Å²) in [7, 11) is 0. The fourth-order valence-corrected chi connectivity index (χ4v) is 5.55. The Morgan fingerprint density at radius 2 is 1.32 bits per heavy atom. The van der Waals surface area contributed by atoms with Crippen molar-refractivity contribution in [2.75, 3.05) is 10.6 Å². The van der Waals surface area contributed by atoms with Crippen molar-refractivity contribution in [3.63, 3.8) is 0 Å². The van der Waals surface area contributed by atoms with E-state index in [-0.39, 0.29) is 5.41 Å². The Hall–Kier alpha value is -4.04. The van der Waals surface area contributed by atoms with Crippen LogP contribution < -0.4 is 10.6 Å². The molecule has 2 nitrogen and oxygen atoms in total. The normalized spacial score (nSPS) is 13.5. The van der Waals surface area contributed by atoms with E-state index in [0.29, 0.717) is 0 Å². The van der Waals surface area contributed by atoms with E-state index in [1.807, 2.05) is 12.1 Å². The summed E-state index contributed by atoms with van der Waals surface area (Å²) < 4.78 is 0. The molecule has 0 heterocycles. The summed E-state index contributed by atoms with van der Waals surface area (Å²) in [5.41, 5.74) is 17.0. The van der Waals surface area contributed by atoms with Gasteiger partial charge >= 0.3 is 0 Å². The molecule has 2 heteroatoms. The van der Waals surface area contributed by atoms with E-state index in [0.717, 1.165) is 22.7 Å². The van der Waals surface area contributed by atoms with Gasteiger partial charge in [0.05, 0.1) is 5.69 Å². The van der Waals surface area contributed by atoms with E-state index in [9.17, 15) is 0 Å². The van der Waals surface area contributed by atoms with Crippen molar-refractivity contribution in [3.8, 4) is 11.1 Å². The van der Waals surface area contributed by atoms with Crippen molar-refractivity contribution in [2.45, 2.75) is 26.2 Å². The summed E-state index contributed by atoms with van der Waals surface area (Å²) in [6, 6.07) is 36.9. The Labute approximate surface area is 201 Å². The van der Waals surface area contributed by atoms with Crippen LogP contribution in [-0.2, 0) is 5.41 Å². The molecule has 34 heavy (non-hydrogen) atoms. The third-order valence-corrected chi connectivity index (χ3v) is 7.31. The Balaban J connectivity index is 1.62. The van der Waals surface area contributed by atoms with Gasteiger partial charge in [0, 0.05) is 27.9 Å². The number of fused-ring (bicyclic) bond motifs is 4. The zero-order chi connectivity index (χ0) is 23.4. The molecule has 1 aliphatic carbocycles. The summed E-state index contributed by atoms with van der Waals surface area (Å²) in [6.07, 6.45) is 0. The van der Waals surface area contributed by atoms with Crippen LogP contribution in [0.1, 0.15) is 30.5 Å². The highest BCUT2D eigenvalue weighted by atomic mass is 15.1. The third kappa shape index (κ3) is 3.03. The van der Waals surface area contributed by atoms with E-state index in [4.69, 9.17) is 5.73 Å². The Morgan fingerprint density at radius 1 is 0.618 bits per heavy atom. The van der Waals surface area contributed by atoms with Gasteiger partial charge in [-0.1, -0.05) is 80.6 Å². The highest BCUT2D eigenvalue weighted by molar-refractivity contribution is 6.01. The molecule has 0 amide bonds. The van der Waals surface area contributed by atoms with Crippen LogP contribution in [0.15, 0.2) is 103 Å². The minimum Gasteiger partial charge on any atom is -0.399 e. The second-order valence-corrected chi connectivity index (χ2v) is 9.78. The second kappa shape index (κ2) is 7.50. The van der Waals surface area contributed by atoms with E-state index in [1.165, 1.54) is 38.6 Å². The number of aryl methyl sites for hydroxylation is 1. The third-order valence-electron chi connectivity index (χ3n) is 7.31. The fourth-order valence-electron chi connectivity index (χ4n) is 5.55. The van der Waals surface area contributed by atoms with Gasteiger partial charge in [-0.15, -0.1) is 0 Å². The lowest BCUT2D eigenvalue weighted by Crippen LogP contribution is -2.16. The molecule has 0 atom stereocenters. The maximum Gasteiger partial charge on any atom is 0.0540 e. The van der Waals surface area contributed by atoms with Crippen molar-refractivity contribution >= 4 is 33.5 Å². The smallest absolute Gasteiger partial charge is 0.0540 e. The van der Waals surface area contributed by atoms with Crippen molar-refractivity contribution in [1.82, 2.24) is 0 Å². The largest absolute Gasteiger partial charge is 0.399 e. The number of anilines is 4. The molecule has 0 unspecified atom stereocenters. The average molecular weight is 441 g/mol. The molecule has 0 aliphatic heterocycles. The Kier molecular flexibility index (Phi) is 4.53. The molecule has 1 aliphatic rings. The summed E-state index contributed by atoms with van der Waals surface area (Å²) in [5.74, 6) is 0. The van der Waals surface area contributed by atoms with Crippen molar-refractivity contribution < 1.29 is 0 Å². The second-order valence-electron chi connectivity index (χ2n) is 9.78. The first kappa shape index (κ1) is 20.6. The molecule has 0 spiro atoms. The van der Waals surface area contributed by atoms with Crippen molar-refractivity contribution in [2.24, 2.45) is 0 Å². The van der Waals surface area contributed by atoms with Crippen LogP contribution in [0, 0.1) is 6.92 Å². The predicted octanol–water partition coefficient (Wildman–Crippen LogP) is 8.51. The van der Waals surface area contributed by atoms with Gasteiger partial charge < -0.3 is 10.6 Å². The molecule has 5 aromatic carbocycles. The van der Waals surface area contributed by atoms with Gasteiger partial charge in [0.25, 0.3) is 0 Å². The maximum absolute atomic E-state index is 6.25.